The summed E-state index contributed by atoms with van der Waals surface area (Å²) >= 11 is 0. The summed E-state index contributed by atoms with van der Waals surface area (Å²) in [5, 5.41) is 4.24. The van der Waals surface area contributed by atoms with Crippen molar-refractivity contribution in [2.24, 2.45) is 0 Å². The van der Waals surface area contributed by atoms with Crippen molar-refractivity contribution in [2.75, 3.05) is 0 Å². The number of pyridine rings is 1. The Morgan fingerprint density at radius 3 is 2.65 bits per heavy atom. The second-order valence-electron chi connectivity index (χ2n) is 4.41. The highest BCUT2D eigenvalue weighted by Gasteiger charge is 2.26. The molecule has 0 bridgehead atoms. The van der Waals surface area contributed by atoms with Gasteiger partial charge in [0.25, 0.3) is 0 Å². The second-order valence-corrected chi connectivity index (χ2v) is 4.41. The van der Waals surface area contributed by atoms with E-state index in [1.54, 1.807) is 4.68 Å². The van der Waals surface area contributed by atoms with Crippen molar-refractivity contribution in [2.45, 2.75) is 27.0 Å². The van der Waals surface area contributed by atoms with Gasteiger partial charge in [-0.2, -0.15) is 5.10 Å². The van der Waals surface area contributed by atoms with E-state index in [9.17, 15) is 12.9 Å². The molecule has 0 fully saturated rings. The molecule has 0 atom stereocenters. The van der Waals surface area contributed by atoms with E-state index in [0.717, 1.165) is 23.7 Å². The van der Waals surface area contributed by atoms with Crippen LogP contribution in [0, 0.1) is 6.92 Å². The van der Waals surface area contributed by atoms with E-state index in [-0.39, 0.29) is 12.4 Å². The lowest BCUT2D eigenvalue weighted by Gasteiger charge is -2.15. The second kappa shape index (κ2) is 5.56. The zero-order valence-electron chi connectivity index (χ0n) is 11.2. The number of hydrogen-bond donors (Lipinski definition) is 0. The molecule has 0 N–H and O–H groups in total. The van der Waals surface area contributed by atoms with Gasteiger partial charge in [-0.05, 0) is 26.0 Å². The lowest BCUT2D eigenvalue weighted by Crippen LogP contribution is -2.34. The molecule has 0 aliphatic rings. The van der Waals surface area contributed by atoms with Crippen LogP contribution < -0.4 is 10.2 Å². The predicted molar refractivity (Wildman–Crippen MR) is 69.9 cm³/mol. The minimum atomic E-state index is -5.06. The van der Waals surface area contributed by atoms with Gasteiger partial charge < -0.3 is 17.7 Å². The van der Waals surface area contributed by atoms with Crippen molar-refractivity contribution in [1.29, 1.82) is 0 Å². The van der Waals surface area contributed by atoms with Crippen molar-refractivity contribution in [3.63, 3.8) is 0 Å². The molecule has 0 spiro atoms. The standard InChI is InChI=1S/C12H14BF3N3O/c1-3-19-11(4-9(2)18-19)8-20-12-5-10(6-17-7-12)13(14,15)16/h4-7H,3,8H2,1-2H3/q-1. The van der Waals surface area contributed by atoms with Gasteiger partial charge in [0.1, 0.15) is 12.4 Å². The Morgan fingerprint density at radius 1 is 1.25 bits per heavy atom. The van der Waals surface area contributed by atoms with Crippen LogP contribution in [0.25, 0.3) is 0 Å². The maximum Gasteiger partial charge on any atom is 0.511 e. The fourth-order valence-corrected chi connectivity index (χ4v) is 1.84. The number of halogens is 3. The first-order valence-corrected chi connectivity index (χ1v) is 6.21. The first-order chi connectivity index (χ1) is 9.40. The molecule has 2 heterocycles. The van der Waals surface area contributed by atoms with Crippen LogP contribution in [0.5, 0.6) is 5.75 Å². The molecule has 0 unspecified atom stereocenters. The van der Waals surface area contributed by atoms with Crippen molar-refractivity contribution in [3.8, 4) is 5.75 Å². The van der Waals surface area contributed by atoms with Gasteiger partial charge in [0, 0.05) is 12.7 Å². The van der Waals surface area contributed by atoms with Gasteiger partial charge in [-0.15, -0.1) is 0 Å². The quantitative estimate of drug-likeness (QED) is 0.790. The van der Waals surface area contributed by atoms with E-state index in [1.807, 2.05) is 19.9 Å². The summed E-state index contributed by atoms with van der Waals surface area (Å²) in [4.78, 5) is 3.56. The van der Waals surface area contributed by atoms with E-state index in [1.165, 1.54) is 6.20 Å². The lowest BCUT2D eigenvalue weighted by molar-refractivity contribution is 0.291. The van der Waals surface area contributed by atoms with Crippen molar-refractivity contribution in [1.82, 2.24) is 14.8 Å². The van der Waals surface area contributed by atoms with E-state index < -0.39 is 12.4 Å². The minimum absolute atomic E-state index is 0.100. The van der Waals surface area contributed by atoms with Crippen molar-refractivity contribution in [3.05, 3.63) is 35.9 Å². The molecule has 0 saturated heterocycles. The molecule has 0 saturated carbocycles. The Balaban J connectivity index is 2.11. The Morgan fingerprint density at radius 2 is 2.00 bits per heavy atom. The van der Waals surface area contributed by atoms with Gasteiger partial charge in [-0.3, -0.25) is 9.67 Å². The first kappa shape index (κ1) is 14.4. The molecule has 8 heteroatoms. The Bertz CT molecular complexity index is 598. The predicted octanol–water partition coefficient (Wildman–Crippen LogP) is 2.24. The van der Waals surface area contributed by atoms with E-state index in [0.29, 0.717) is 6.54 Å². The van der Waals surface area contributed by atoms with Gasteiger partial charge in [-0.1, -0.05) is 5.46 Å². The summed E-state index contributed by atoms with van der Waals surface area (Å²) in [7, 11) is 0. The minimum Gasteiger partial charge on any atom is -0.486 e. The fourth-order valence-electron chi connectivity index (χ4n) is 1.84. The summed E-state index contributed by atoms with van der Waals surface area (Å²) in [6.07, 6.45) is 2.07. The topological polar surface area (TPSA) is 39.9 Å². The fraction of sp³-hybridized carbons (Fsp3) is 0.333. The average Bonchev–Trinajstić information content (AvgIpc) is 2.76. The summed E-state index contributed by atoms with van der Waals surface area (Å²) < 4.78 is 44.9. The normalized spacial score (nSPS) is 11.7. The number of aromatic nitrogens is 3. The highest BCUT2D eigenvalue weighted by atomic mass is 19.4. The van der Waals surface area contributed by atoms with Crippen LogP contribution in [0.2, 0.25) is 0 Å². The molecule has 0 aliphatic heterocycles. The Kier molecular flexibility index (Phi) is 4.01. The maximum atomic E-state index is 12.6. The largest absolute Gasteiger partial charge is 0.511 e. The average molecular weight is 284 g/mol. The summed E-state index contributed by atoms with van der Waals surface area (Å²) in [5.41, 5.74) is 0.895. The maximum absolute atomic E-state index is 12.6. The number of rotatable bonds is 5. The molecule has 4 nitrogen and oxygen atoms in total. The monoisotopic (exact) mass is 284 g/mol. The van der Waals surface area contributed by atoms with Gasteiger partial charge in [0.15, 0.2) is 0 Å². The molecule has 0 aliphatic carbocycles. The number of nitrogens with zero attached hydrogens (tertiary/aromatic N) is 3. The summed E-state index contributed by atoms with van der Waals surface area (Å²) in [5.74, 6) is 0.100. The smallest absolute Gasteiger partial charge is 0.486 e. The first-order valence-electron chi connectivity index (χ1n) is 6.21. The van der Waals surface area contributed by atoms with Gasteiger partial charge in [-0.25, -0.2) is 0 Å². The zero-order chi connectivity index (χ0) is 14.8. The zero-order valence-corrected chi connectivity index (χ0v) is 11.2. The van der Waals surface area contributed by atoms with Crippen molar-refractivity contribution >= 4 is 12.4 Å². The molecule has 0 amide bonds. The molecule has 2 rings (SSSR count). The molecular formula is C12H14BF3N3O-. The molecule has 2 aromatic rings. The van der Waals surface area contributed by atoms with Crippen LogP contribution in [0.4, 0.5) is 12.9 Å². The third kappa shape index (κ3) is 3.31. The van der Waals surface area contributed by atoms with E-state index >= 15 is 0 Å². The molecule has 108 valence electrons. The third-order valence-electron chi connectivity index (χ3n) is 2.78. The molecule has 2 aromatic heterocycles. The molecular weight excluding hydrogens is 270 g/mol. The molecule has 0 aromatic carbocycles. The third-order valence-corrected chi connectivity index (χ3v) is 2.78. The molecule has 20 heavy (non-hydrogen) atoms. The molecule has 0 radical (unpaired) electrons. The Hall–Kier alpha value is -1.99. The summed E-state index contributed by atoms with van der Waals surface area (Å²) in [6.45, 7) is -0.443. The highest BCUT2D eigenvalue weighted by Crippen LogP contribution is 2.15. The van der Waals surface area contributed by atoms with E-state index in [4.69, 9.17) is 4.74 Å². The summed E-state index contributed by atoms with van der Waals surface area (Å²) in [6, 6.07) is 2.81. The van der Waals surface area contributed by atoms with Crippen LogP contribution in [0.1, 0.15) is 18.3 Å². The Labute approximate surface area is 114 Å². The van der Waals surface area contributed by atoms with Crippen LogP contribution in [0.15, 0.2) is 24.5 Å². The number of ether oxygens (including phenoxy) is 1. The highest BCUT2D eigenvalue weighted by molar-refractivity contribution is 6.73. The van der Waals surface area contributed by atoms with Gasteiger partial charge in [0.2, 0.25) is 0 Å². The number of hydrogen-bond acceptors (Lipinski definition) is 3. The lowest BCUT2D eigenvalue weighted by atomic mass is 9.81. The van der Waals surface area contributed by atoms with Gasteiger partial charge >= 0.3 is 6.98 Å². The van der Waals surface area contributed by atoms with E-state index in [2.05, 4.69) is 10.1 Å². The number of aryl methyl sites for hydroxylation is 2. The van der Waals surface area contributed by atoms with Crippen LogP contribution in [-0.2, 0) is 13.2 Å². The van der Waals surface area contributed by atoms with Crippen LogP contribution >= 0.6 is 0 Å². The SMILES string of the molecule is CCn1nc(C)cc1COc1cncc([B-](F)(F)F)c1. The van der Waals surface area contributed by atoms with Crippen molar-refractivity contribution < 1.29 is 17.7 Å². The van der Waals surface area contributed by atoms with Crippen LogP contribution in [0.3, 0.4) is 0 Å². The van der Waals surface area contributed by atoms with Gasteiger partial charge in [0.05, 0.1) is 17.6 Å². The van der Waals surface area contributed by atoms with Crippen LogP contribution in [-0.4, -0.2) is 21.7 Å².